The van der Waals surface area contributed by atoms with Crippen molar-refractivity contribution in [2.24, 2.45) is 7.05 Å². The summed E-state index contributed by atoms with van der Waals surface area (Å²) < 4.78 is 1.91. The molecule has 104 valence electrons. The number of aryl methyl sites for hydroxylation is 1. The Morgan fingerprint density at radius 3 is 3.15 bits per heavy atom. The quantitative estimate of drug-likeness (QED) is 0.872. The van der Waals surface area contributed by atoms with Crippen LogP contribution in [0.15, 0.2) is 36.7 Å². The van der Waals surface area contributed by atoms with E-state index in [-0.39, 0.29) is 11.8 Å². The summed E-state index contributed by atoms with van der Waals surface area (Å²) in [6.07, 6.45) is 3.61. The first-order valence-corrected chi connectivity index (χ1v) is 6.78. The number of aromatic nitrogens is 2. The minimum atomic E-state index is -0.125. The fourth-order valence-electron chi connectivity index (χ4n) is 2.59. The zero-order chi connectivity index (χ0) is 13.9. The van der Waals surface area contributed by atoms with Crippen molar-refractivity contribution in [2.75, 3.05) is 6.54 Å². The van der Waals surface area contributed by atoms with Gasteiger partial charge in [0.2, 0.25) is 5.91 Å². The molecule has 5 heteroatoms. The average Bonchev–Trinajstić information content (AvgIpc) is 2.89. The Labute approximate surface area is 118 Å². The Morgan fingerprint density at radius 1 is 1.50 bits per heavy atom. The number of amides is 1. The third-order valence-corrected chi connectivity index (χ3v) is 3.75. The van der Waals surface area contributed by atoms with Crippen molar-refractivity contribution in [2.45, 2.75) is 19.0 Å². The molecule has 20 heavy (non-hydrogen) atoms. The van der Waals surface area contributed by atoms with E-state index < -0.39 is 0 Å². The second kappa shape index (κ2) is 5.46. The van der Waals surface area contributed by atoms with E-state index in [1.165, 1.54) is 5.56 Å². The van der Waals surface area contributed by atoms with Gasteiger partial charge in [0.15, 0.2) is 0 Å². The number of hydrogen-bond acceptors (Lipinski definition) is 3. The molecule has 2 heterocycles. The van der Waals surface area contributed by atoms with Crippen molar-refractivity contribution in [3.05, 3.63) is 53.6 Å². The summed E-state index contributed by atoms with van der Waals surface area (Å²) in [6.45, 7) is 1.98. The van der Waals surface area contributed by atoms with Gasteiger partial charge in [-0.25, -0.2) is 4.98 Å². The Bertz CT molecular complexity index is 620. The van der Waals surface area contributed by atoms with Crippen LogP contribution in [0.4, 0.5) is 0 Å². The molecule has 0 spiro atoms. The average molecular weight is 270 g/mol. The molecule has 1 aliphatic rings. The molecule has 2 aromatic rings. The van der Waals surface area contributed by atoms with E-state index in [0.717, 1.165) is 17.9 Å². The first-order valence-electron chi connectivity index (χ1n) is 6.78. The Morgan fingerprint density at radius 2 is 2.35 bits per heavy atom. The standard InChI is InChI=1S/C15H18N4O/c1-19-7-6-17-14(19)10-18-15(20)13-9-16-8-11-4-2-3-5-12(11)13/h2-7,13,16H,8-10H2,1H3,(H,18,20). The van der Waals surface area contributed by atoms with Gasteiger partial charge in [-0.05, 0) is 11.1 Å². The fourth-order valence-corrected chi connectivity index (χ4v) is 2.59. The van der Waals surface area contributed by atoms with Gasteiger partial charge in [-0.3, -0.25) is 4.79 Å². The van der Waals surface area contributed by atoms with Crippen molar-refractivity contribution in [3.8, 4) is 0 Å². The molecule has 0 fully saturated rings. The number of hydrogen-bond donors (Lipinski definition) is 2. The van der Waals surface area contributed by atoms with E-state index in [1.807, 2.05) is 36.0 Å². The molecule has 1 amide bonds. The Balaban J connectivity index is 1.71. The van der Waals surface area contributed by atoms with Gasteiger partial charge in [-0.1, -0.05) is 24.3 Å². The maximum absolute atomic E-state index is 12.4. The summed E-state index contributed by atoms with van der Waals surface area (Å²) in [5.41, 5.74) is 2.33. The highest BCUT2D eigenvalue weighted by molar-refractivity contribution is 5.84. The van der Waals surface area contributed by atoms with Crippen LogP contribution in [0.3, 0.4) is 0 Å². The van der Waals surface area contributed by atoms with Gasteiger partial charge >= 0.3 is 0 Å². The molecule has 0 saturated carbocycles. The molecule has 0 bridgehead atoms. The second-order valence-corrected chi connectivity index (χ2v) is 5.05. The minimum absolute atomic E-state index is 0.0488. The molecule has 1 aromatic heterocycles. The minimum Gasteiger partial charge on any atom is -0.348 e. The van der Waals surface area contributed by atoms with Crippen LogP contribution in [0, 0.1) is 0 Å². The first kappa shape index (κ1) is 12.9. The lowest BCUT2D eigenvalue weighted by Gasteiger charge is -2.25. The van der Waals surface area contributed by atoms with Crippen LogP contribution in [0.1, 0.15) is 22.9 Å². The summed E-state index contributed by atoms with van der Waals surface area (Å²) in [5.74, 6) is 0.781. The van der Waals surface area contributed by atoms with Crippen molar-refractivity contribution >= 4 is 5.91 Å². The van der Waals surface area contributed by atoms with Crippen LogP contribution in [0.5, 0.6) is 0 Å². The molecule has 1 aromatic carbocycles. The molecule has 2 N–H and O–H groups in total. The number of fused-ring (bicyclic) bond motifs is 1. The molecule has 1 atom stereocenters. The van der Waals surface area contributed by atoms with Crippen LogP contribution in [0.2, 0.25) is 0 Å². The topological polar surface area (TPSA) is 59.0 Å². The summed E-state index contributed by atoms with van der Waals surface area (Å²) in [6, 6.07) is 8.11. The number of nitrogens with one attached hydrogen (secondary N) is 2. The summed E-state index contributed by atoms with van der Waals surface area (Å²) in [7, 11) is 1.92. The third-order valence-electron chi connectivity index (χ3n) is 3.75. The lowest BCUT2D eigenvalue weighted by Crippen LogP contribution is -2.38. The maximum Gasteiger partial charge on any atom is 0.229 e. The van der Waals surface area contributed by atoms with Gasteiger partial charge in [-0.15, -0.1) is 0 Å². The monoisotopic (exact) mass is 270 g/mol. The SMILES string of the molecule is Cn1ccnc1CNC(=O)C1CNCc2ccccc21. The highest BCUT2D eigenvalue weighted by Gasteiger charge is 2.25. The zero-order valence-electron chi connectivity index (χ0n) is 11.5. The third kappa shape index (κ3) is 2.44. The van der Waals surface area contributed by atoms with E-state index in [9.17, 15) is 4.79 Å². The molecule has 5 nitrogen and oxygen atoms in total. The zero-order valence-corrected chi connectivity index (χ0v) is 11.5. The predicted octanol–water partition coefficient (Wildman–Crippen LogP) is 0.923. The van der Waals surface area contributed by atoms with E-state index in [0.29, 0.717) is 13.1 Å². The number of benzene rings is 1. The second-order valence-electron chi connectivity index (χ2n) is 5.05. The van der Waals surface area contributed by atoms with Gasteiger partial charge in [0.25, 0.3) is 0 Å². The van der Waals surface area contributed by atoms with Gasteiger partial charge in [0.1, 0.15) is 5.82 Å². The van der Waals surface area contributed by atoms with Crippen molar-refractivity contribution in [3.63, 3.8) is 0 Å². The van der Waals surface area contributed by atoms with Crippen LogP contribution in [-0.4, -0.2) is 22.0 Å². The number of nitrogens with zero attached hydrogens (tertiary/aromatic N) is 2. The van der Waals surface area contributed by atoms with Crippen LogP contribution in [-0.2, 0) is 24.9 Å². The van der Waals surface area contributed by atoms with Gasteiger partial charge in [-0.2, -0.15) is 0 Å². The van der Waals surface area contributed by atoms with E-state index in [1.54, 1.807) is 6.20 Å². The summed E-state index contributed by atoms with van der Waals surface area (Å²) >= 11 is 0. The van der Waals surface area contributed by atoms with Crippen molar-refractivity contribution in [1.82, 2.24) is 20.2 Å². The fraction of sp³-hybridized carbons (Fsp3) is 0.333. The highest BCUT2D eigenvalue weighted by atomic mass is 16.1. The van der Waals surface area contributed by atoms with Crippen molar-refractivity contribution < 1.29 is 4.79 Å². The molecule has 0 saturated heterocycles. The molecular weight excluding hydrogens is 252 g/mol. The van der Waals surface area contributed by atoms with Gasteiger partial charge in [0.05, 0.1) is 12.5 Å². The lowest BCUT2D eigenvalue weighted by atomic mass is 9.90. The molecule has 1 aliphatic heterocycles. The molecule has 0 radical (unpaired) electrons. The van der Waals surface area contributed by atoms with Crippen LogP contribution in [0.25, 0.3) is 0 Å². The molecular formula is C15H18N4O. The Kier molecular flexibility index (Phi) is 3.52. The normalized spacial score (nSPS) is 17.6. The first-order chi connectivity index (χ1) is 9.75. The van der Waals surface area contributed by atoms with Gasteiger partial charge in [0, 0.05) is 32.5 Å². The summed E-state index contributed by atoms with van der Waals surface area (Å²) in [5, 5.41) is 6.27. The molecule has 3 rings (SSSR count). The van der Waals surface area contributed by atoms with E-state index >= 15 is 0 Å². The number of carbonyl (C=O) groups excluding carboxylic acids is 1. The highest BCUT2D eigenvalue weighted by Crippen LogP contribution is 2.23. The Hall–Kier alpha value is -2.14. The largest absolute Gasteiger partial charge is 0.348 e. The maximum atomic E-state index is 12.4. The van der Waals surface area contributed by atoms with E-state index in [2.05, 4.69) is 21.7 Å². The van der Waals surface area contributed by atoms with Gasteiger partial charge < -0.3 is 15.2 Å². The van der Waals surface area contributed by atoms with Crippen LogP contribution >= 0.6 is 0 Å². The lowest BCUT2D eigenvalue weighted by molar-refractivity contribution is -0.122. The smallest absolute Gasteiger partial charge is 0.229 e. The molecule has 1 unspecified atom stereocenters. The number of carbonyl (C=O) groups is 1. The molecule has 0 aliphatic carbocycles. The summed E-state index contributed by atoms with van der Waals surface area (Å²) in [4.78, 5) is 16.6. The predicted molar refractivity (Wildman–Crippen MR) is 75.9 cm³/mol. The van der Waals surface area contributed by atoms with Crippen molar-refractivity contribution in [1.29, 1.82) is 0 Å². The van der Waals surface area contributed by atoms with Crippen LogP contribution < -0.4 is 10.6 Å². The number of rotatable bonds is 3. The van der Waals surface area contributed by atoms with E-state index in [4.69, 9.17) is 0 Å². The number of imidazole rings is 1.